The number of H-pyrrole nitrogens is 1. The van der Waals surface area contributed by atoms with Crippen molar-refractivity contribution >= 4 is 5.90 Å². The maximum Gasteiger partial charge on any atom is 0.243 e. The third-order valence-electron chi connectivity index (χ3n) is 5.12. The first-order valence-corrected chi connectivity index (χ1v) is 8.04. The summed E-state index contributed by atoms with van der Waals surface area (Å²) in [6, 6.07) is 2.33. The Bertz CT molecular complexity index is 607. The molecule has 2 N–H and O–H groups in total. The molecule has 1 atom stereocenters. The average Bonchev–Trinajstić information content (AvgIpc) is 2.91. The molecule has 2 aliphatic heterocycles. The largest absolute Gasteiger partial charge is 0.422 e. The van der Waals surface area contributed by atoms with Gasteiger partial charge in [-0.15, -0.1) is 5.10 Å². The molecule has 0 aliphatic carbocycles. The first-order chi connectivity index (χ1) is 10.6. The van der Waals surface area contributed by atoms with Gasteiger partial charge in [-0.05, 0) is 45.8 Å². The Balaban J connectivity index is 2.07. The van der Waals surface area contributed by atoms with Crippen LogP contribution in [-0.4, -0.2) is 41.1 Å². The lowest BCUT2D eigenvalue weighted by Crippen LogP contribution is -2.51. The molecule has 1 fully saturated rings. The van der Waals surface area contributed by atoms with E-state index in [9.17, 15) is 5.26 Å². The van der Waals surface area contributed by atoms with Crippen LogP contribution < -0.4 is 4.74 Å². The molecule has 1 saturated heterocycles. The van der Waals surface area contributed by atoms with Gasteiger partial charge in [0.05, 0.1) is 6.07 Å². The highest BCUT2D eigenvalue weighted by atomic mass is 16.5. The fourth-order valence-corrected chi connectivity index (χ4v) is 3.78. The molecular formula is C16H23N5O. The number of ether oxygens (including phenoxy) is 1. The highest BCUT2D eigenvalue weighted by molar-refractivity contribution is 5.85. The van der Waals surface area contributed by atoms with Crippen molar-refractivity contribution in [1.82, 2.24) is 15.1 Å². The Morgan fingerprint density at radius 3 is 2.86 bits per heavy atom. The highest BCUT2D eigenvalue weighted by Gasteiger charge is 2.52. The van der Waals surface area contributed by atoms with Crippen LogP contribution >= 0.6 is 0 Å². The first-order valence-electron chi connectivity index (χ1n) is 8.04. The van der Waals surface area contributed by atoms with Gasteiger partial charge in [0.15, 0.2) is 0 Å². The highest BCUT2D eigenvalue weighted by Crippen LogP contribution is 2.50. The van der Waals surface area contributed by atoms with Crippen LogP contribution in [0.4, 0.5) is 0 Å². The lowest BCUT2D eigenvalue weighted by atomic mass is 9.63. The second-order valence-corrected chi connectivity index (χ2v) is 6.47. The molecule has 6 heteroatoms. The van der Waals surface area contributed by atoms with Crippen molar-refractivity contribution in [2.75, 3.05) is 20.1 Å². The fraction of sp³-hybridized carbons (Fsp3) is 0.688. The zero-order valence-corrected chi connectivity index (χ0v) is 13.3. The van der Waals surface area contributed by atoms with E-state index in [0.29, 0.717) is 5.88 Å². The van der Waals surface area contributed by atoms with Crippen LogP contribution in [0.1, 0.15) is 43.9 Å². The minimum atomic E-state index is -0.508. The van der Waals surface area contributed by atoms with Crippen LogP contribution in [-0.2, 0) is 11.8 Å². The standard InChI is InChI=1S/C16H23N5O/c1-3-4-5-12-13-15(20-19-12)22-14(18)11(10-17)16(13)6-8-21(2)9-7-16/h11,18H,3-9H2,1-2H3,(H,19,20). The van der Waals surface area contributed by atoms with Crippen LogP contribution in [0.5, 0.6) is 5.88 Å². The first kappa shape index (κ1) is 15.0. The Morgan fingerprint density at radius 1 is 1.50 bits per heavy atom. The SMILES string of the molecule is CCCCc1[nH]nc2c1C1(CCN(C)CC1)C(C#N)C(=N)O2. The van der Waals surface area contributed by atoms with E-state index in [1.165, 1.54) is 0 Å². The molecule has 6 nitrogen and oxygen atoms in total. The van der Waals surface area contributed by atoms with E-state index in [1.54, 1.807) is 0 Å². The molecule has 3 rings (SSSR count). The number of hydrogen-bond acceptors (Lipinski definition) is 5. The van der Waals surface area contributed by atoms with Gasteiger partial charge >= 0.3 is 0 Å². The number of fused-ring (bicyclic) bond motifs is 2. The normalized spacial score (nSPS) is 23.9. The van der Waals surface area contributed by atoms with Crippen molar-refractivity contribution in [1.29, 1.82) is 10.7 Å². The van der Waals surface area contributed by atoms with Gasteiger partial charge in [0.1, 0.15) is 5.92 Å². The van der Waals surface area contributed by atoms with Gasteiger partial charge in [0.25, 0.3) is 0 Å². The Kier molecular flexibility index (Phi) is 3.92. The average molecular weight is 301 g/mol. The second kappa shape index (κ2) is 5.73. The fourth-order valence-electron chi connectivity index (χ4n) is 3.78. The number of nitriles is 1. The summed E-state index contributed by atoms with van der Waals surface area (Å²) in [4.78, 5) is 2.28. The molecule has 0 amide bonds. The lowest BCUT2D eigenvalue weighted by molar-refractivity contribution is 0.156. The minimum Gasteiger partial charge on any atom is -0.422 e. The number of aromatic amines is 1. The molecule has 1 aromatic heterocycles. The quantitative estimate of drug-likeness (QED) is 0.896. The zero-order valence-electron chi connectivity index (χ0n) is 13.3. The van der Waals surface area contributed by atoms with E-state index < -0.39 is 5.92 Å². The van der Waals surface area contributed by atoms with Gasteiger partial charge in [-0.3, -0.25) is 10.5 Å². The molecule has 0 aromatic carbocycles. The van der Waals surface area contributed by atoms with Crippen molar-refractivity contribution < 1.29 is 4.74 Å². The third kappa shape index (κ3) is 2.20. The monoisotopic (exact) mass is 301 g/mol. The summed E-state index contributed by atoms with van der Waals surface area (Å²) < 4.78 is 5.56. The van der Waals surface area contributed by atoms with Crippen LogP contribution in [0, 0.1) is 22.7 Å². The summed E-state index contributed by atoms with van der Waals surface area (Å²) in [6.45, 7) is 4.03. The lowest BCUT2D eigenvalue weighted by Gasteiger charge is -2.45. The molecule has 22 heavy (non-hydrogen) atoms. The van der Waals surface area contributed by atoms with Crippen molar-refractivity contribution in [3.05, 3.63) is 11.3 Å². The van der Waals surface area contributed by atoms with Crippen molar-refractivity contribution in [3.8, 4) is 11.9 Å². The van der Waals surface area contributed by atoms with Gasteiger partial charge in [0, 0.05) is 16.7 Å². The molecule has 0 radical (unpaired) electrons. The van der Waals surface area contributed by atoms with Gasteiger partial charge in [0.2, 0.25) is 11.8 Å². The number of aromatic nitrogens is 2. The van der Waals surface area contributed by atoms with Crippen LogP contribution in [0.2, 0.25) is 0 Å². The van der Waals surface area contributed by atoms with E-state index in [0.717, 1.165) is 56.5 Å². The van der Waals surface area contributed by atoms with Gasteiger partial charge in [-0.1, -0.05) is 13.3 Å². The third-order valence-corrected chi connectivity index (χ3v) is 5.12. The Hall–Kier alpha value is -1.87. The molecular weight excluding hydrogens is 278 g/mol. The predicted molar refractivity (Wildman–Crippen MR) is 83.1 cm³/mol. The van der Waals surface area contributed by atoms with E-state index >= 15 is 0 Å². The number of rotatable bonds is 3. The number of aryl methyl sites for hydroxylation is 1. The van der Waals surface area contributed by atoms with E-state index in [-0.39, 0.29) is 11.3 Å². The molecule has 1 aromatic rings. The smallest absolute Gasteiger partial charge is 0.243 e. The van der Waals surface area contributed by atoms with Gasteiger partial charge in [-0.2, -0.15) is 5.26 Å². The number of nitrogens with zero attached hydrogens (tertiary/aromatic N) is 3. The number of likely N-dealkylation sites (tertiary alicyclic amines) is 1. The summed E-state index contributed by atoms with van der Waals surface area (Å²) in [5, 5.41) is 25.2. The molecule has 1 unspecified atom stereocenters. The molecule has 0 saturated carbocycles. The number of piperidine rings is 1. The van der Waals surface area contributed by atoms with Gasteiger partial charge in [-0.25, -0.2) is 0 Å². The second-order valence-electron chi connectivity index (χ2n) is 6.47. The van der Waals surface area contributed by atoms with E-state index in [2.05, 4.69) is 35.1 Å². The molecule has 118 valence electrons. The van der Waals surface area contributed by atoms with Crippen molar-refractivity contribution in [2.24, 2.45) is 5.92 Å². The number of unbranched alkanes of at least 4 members (excludes halogenated alkanes) is 1. The van der Waals surface area contributed by atoms with Crippen LogP contribution in [0.25, 0.3) is 0 Å². The Labute approximate surface area is 131 Å². The van der Waals surface area contributed by atoms with E-state index in [1.807, 2.05) is 0 Å². The zero-order chi connectivity index (χ0) is 15.7. The summed E-state index contributed by atoms with van der Waals surface area (Å²) in [7, 11) is 2.10. The minimum absolute atomic E-state index is 0.0492. The van der Waals surface area contributed by atoms with Gasteiger partial charge < -0.3 is 9.64 Å². The molecule has 0 bridgehead atoms. The maximum atomic E-state index is 9.66. The Morgan fingerprint density at radius 2 is 2.23 bits per heavy atom. The molecule has 3 heterocycles. The van der Waals surface area contributed by atoms with Crippen molar-refractivity contribution in [2.45, 2.75) is 44.4 Å². The predicted octanol–water partition coefficient (Wildman–Crippen LogP) is 2.23. The van der Waals surface area contributed by atoms with Crippen molar-refractivity contribution in [3.63, 3.8) is 0 Å². The summed E-state index contributed by atoms with van der Waals surface area (Å²) >= 11 is 0. The summed E-state index contributed by atoms with van der Waals surface area (Å²) in [5.74, 6) is 0.0620. The molecule has 2 aliphatic rings. The summed E-state index contributed by atoms with van der Waals surface area (Å²) in [5.41, 5.74) is 1.84. The van der Waals surface area contributed by atoms with Crippen LogP contribution in [0.3, 0.4) is 0 Å². The maximum absolute atomic E-state index is 9.66. The number of hydrogen-bond donors (Lipinski definition) is 2. The van der Waals surface area contributed by atoms with E-state index in [4.69, 9.17) is 10.1 Å². The topological polar surface area (TPSA) is 88.8 Å². The summed E-state index contributed by atoms with van der Waals surface area (Å²) in [6.07, 6.45) is 4.87. The number of nitrogens with one attached hydrogen (secondary N) is 2. The van der Waals surface area contributed by atoms with Crippen LogP contribution in [0.15, 0.2) is 0 Å². The molecule has 1 spiro atoms.